The fourth-order valence-corrected chi connectivity index (χ4v) is 1.34. The molecule has 18 heavy (non-hydrogen) atoms. The third-order valence-electron chi connectivity index (χ3n) is 2.21. The van der Waals surface area contributed by atoms with E-state index in [1.807, 2.05) is 0 Å². The number of nitrogens with two attached hydrogens (primary N) is 1. The second-order valence-electron chi connectivity index (χ2n) is 3.67. The lowest BCUT2D eigenvalue weighted by Crippen LogP contribution is -2.26. The van der Waals surface area contributed by atoms with Crippen LogP contribution in [0.1, 0.15) is 16.8 Å². The maximum absolute atomic E-state index is 13.3. The number of aromatic hydroxyl groups is 1. The predicted molar refractivity (Wildman–Crippen MR) is 64.9 cm³/mol. The summed E-state index contributed by atoms with van der Waals surface area (Å²) in [5.74, 6) is -1.46. The lowest BCUT2D eigenvalue weighted by Gasteiger charge is -2.06. The zero-order chi connectivity index (χ0) is 13.4. The van der Waals surface area contributed by atoms with E-state index in [1.54, 1.807) is 0 Å². The molecule has 0 bridgehead atoms. The Hall–Kier alpha value is -1.66. The number of halogens is 1. The number of rotatable bonds is 7. The molecule has 0 fully saturated rings. The second kappa shape index (κ2) is 7.62. The van der Waals surface area contributed by atoms with E-state index in [1.165, 1.54) is 12.1 Å². The van der Waals surface area contributed by atoms with Crippen molar-refractivity contribution in [3.05, 3.63) is 29.6 Å². The van der Waals surface area contributed by atoms with E-state index in [2.05, 4.69) is 5.32 Å². The van der Waals surface area contributed by atoms with Gasteiger partial charge in [0.1, 0.15) is 11.6 Å². The Kier molecular flexibility index (Phi) is 6.10. The van der Waals surface area contributed by atoms with Crippen molar-refractivity contribution >= 4 is 5.91 Å². The Morgan fingerprint density at radius 3 is 2.89 bits per heavy atom. The van der Waals surface area contributed by atoms with Gasteiger partial charge in [-0.1, -0.05) is 0 Å². The summed E-state index contributed by atoms with van der Waals surface area (Å²) >= 11 is 0. The maximum atomic E-state index is 13.3. The SMILES string of the molecule is NCCOCCCNC(=O)c1ccc(O)cc1F. The highest BCUT2D eigenvalue weighted by Crippen LogP contribution is 2.14. The lowest BCUT2D eigenvalue weighted by atomic mass is 10.2. The van der Waals surface area contributed by atoms with Crippen LogP contribution in [0.15, 0.2) is 18.2 Å². The molecule has 100 valence electrons. The fraction of sp³-hybridized carbons (Fsp3) is 0.417. The molecule has 1 aromatic rings. The molecule has 0 saturated heterocycles. The third kappa shape index (κ3) is 4.68. The van der Waals surface area contributed by atoms with Gasteiger partial charge in [-0.05, 0) is 18.6 Å². The highest BCUT2D eigenvalue weighted by atomic mass is 19.1. The smallest absolute Gasteiger partial charge is 0.254 e. The first-order valence-electron chi connectivity index (χ1n) is 5.69. The molecule has 0 saturated carbocycles. The number of hydrogen-bond donors (Lipinski definition) is 3. The van der Waals surface area contributed by atoms with Crippen molar-refractivity contribution in [1.82, 2.24) is 5.32 Å². The molecule has 0 heterocycles. The summed E-state index contributed by atoms with van der Waals surface area (Å²) in [6.45, 7) is 1.84. The zero-order valence-corrected chi connectivity index (χ0v) is 9.99. The van der Waals surface area contributed by atoms with E-state index in [-0.39, 0.29) is 11.3 Å². The van der Waals surface area contributed by atoms with Crippen LogP contribution in [0, 0.1) is 5.82 Å². The quantitative estimate of drug-likeness (QED) is 0.625. The minimum Gasteiger partial charge on any atom is -0.508 e. The van der Waals surface area contributed by atoms with Gasteiger partial charge in [0.15, 0.2) is 0 Å². The van der Waals surface area contributed by atoms with Gasteiger partial charge in [-0.25, -0.2) is 4.39 Å². The van der Waals surface area contributed by atoms with E-state index in [9.17, 15) is 9.18 Å². The van der Waals surface area contributed by atoms with Crippen LogP contribution < -0.4 is 11.1 Å². The molecule has 6 heteroatoms. The van der Waals surface area contributed by atoms with Crippen LogP contribution in [0.3, 0.4) is 0 Å². The minimum atomic E-state index is -0.744. The van der Waals surface area contributed by atoms with Crippen LogP contribution in [0.4, 0.5) is 4.39 Å². The number of benzene rings is 1. The molecule has 1 amide bonds. The van der Waals surface area contributed by atoms with Gasteiger partial charge in [0.2, 0.25) is 0 Å². The van der Waals surface area contributed by atoms with E-state index < -0.39 is 11.7 Å². The van der Waals surface area contributed by atoms with E-state index in [0.717, 1.165) is 6.07 Å². The number of carbonyl (C=O) groups excluding carboxylic acids is 1. The molecule has 0 radical (unpaired) electrons. The number of ether oxygens (including phenoxy) is 1. The van der Waals surface area contributed by atoms with Crippen molar-refractivity contribution in [3.8, 4) is 5.75 Å². The van der Waals surface area contributed by atoms with E-state index >= 15 is 0 Å². The molecule has 0 aliphatic heterocycles. The zero-order valence-electron chi connectivity index (χ0n) is 9.99. The fourth-order valence-electron chi connectivity index (χ4n) is 1.34. The van der Waals surface area contributed by atoms with Gasteiger partial charge in [0.05, 0.1) is 12.2 Å². The summed E-state index contributed by atoms with van der Waals surface area (Å²) in [7, 11) is 0. The summed E-state index contributed by atoms with van der Waals surface area (Å²) < 4.78 is 18.4. The molecule has 0 unspecified atom stereocenters. The molecule has 0 aromatic heterocycles. The van der Waals surface area contributed by atoms with Crippen molar-refractivity contribution in [2.75, 3.05) is 26.3 Å². The third-order valence-corrected chi connectivity index (χ3v) is 2.21. The standard InChI is InChI=1S/C12H17FN2O3/c13-11-8-9(16)2-3-10(11)12(17)15-5-1-6-18-7-4-14/h2-3,8,16H,1,4-7,14H2,(H,15,17). The van der Waals surface area contributed by atoms with Gasteiger partial charge >= 0.3 is 0 Å². The lowest BCUT2D eigenvalue weighted by molar-refractivity contribution is 0.0939. The van der Waals surface area contributed by atoms with Crippen LogP contribution >= 0.6 is 0 Å². The Morgan fingerprint density at radius 1 is 1.44 bits per heavy atom. The average molecular weight is 256 g/mol. The van der Waals surface area contributed by atoms with Gasteiger partial charge < -0.3 is 20.9 Å². The van der Waals surface area contributed by atoms with Crippen LogP contribution in [0.25, 0.3) is 0 Å². The van der Waals surface area contributed by atoms with Crippen molar-refractivity contribution < 1.29 is 19.0 Å². The molecular formula is C12H17FN2O3. The number of amides is 1. The van der Waals surface area contributed by atoms with Gasteiger partial charge in [-0.3, -0.25) is 4.79 Å². The van der Waals surface area contributed by atoms with Crippen LogP contribution in [0.5, 0.6) is 5.75 Å². The number of phenols is 1. The normalized spacial score (nSPS) is 10.3. The second-order valence-corrected chi connectivity index (χ2v) is 3.67. The molecular weight excluding hydrogens is 239 g/mol. The first kappa shape index (κ1) is 14.4. The highest BCUT2D eigenvalue weighted by Gasteiger charge is 2.11. The van der Waals surface area contributed by atoms with Crippen molar-refractivity contribution in [1.29, 1.82) is 0 Å². The summed E-state index contributed by atoms with van der Waals surface area (Å²) in [6.07, 6.45) is 0.630. The Balaban J connectivity index is 2.32. The first-order chi connectivity index (χ1) is 8.65. The molecule has 0 aliphatic carbocycles. The Bertz CT molecular complexity index is 399. The average Bonchev–Trinajstić information content (AvgIpc) is 2.33. The molecule has 0 atom stereocenters. The minimum absolute atomic E-state index is 0.0873. The van der Waals surface area contributed by atoms with Crippen molar-refractivity contribution in [2.45, 2.75) is 6.42 Å². The summed E-state index contributed by atoms with van der Waals surface area (Å²) in [6, 6.07) is 3.41. The van der Waals surface area contributed by atoms with Crippen LogP contribution in [-0.4, -0.2) is 37.3 Å². The molecule has 0 aliphatic rings. The molecule has 4 N–H and O–H groups in total. The van der Waals surface area contributed by atoms with Gasteiger partial charge in [-0.15, -0.1) is 0 Å². The summed E-state index contributed by atoms with van der Waals surface area (Å²) in [4.78, 5) is 11.6. The van der Waals surface area contributed by atoms with Gasteiger partial charge in [0, 0.05) is 25.8 Å². The summed E-state index contributed by atoms with van der Waals surface area (Å²) in [5, 5.41) is 11.6. The molecule has 0 spiro atoms. The maximum Gasteiger partial charge on any atom is 0.254 e. The summed E-state index contributed by atoms with van der Waals surface area (Å²) in [5.41, 5.74) is 5.15. The van der Waals surface area contributed by atoms with Gasteiger partial charge in [-0.2, -0.15) is 0 Å². The number of nitrogens with one attached hydrogen (secondary N) is 1. The number of carbonyl (C=O) groups is 1. The van der Waals surface area contributed by atoms with E-state index in [0.29, 0.717) is 32.7 Å². The van der Waals surface area contributed by atoms with Crippen LogP contribution in [0.2, 0.25) is 0 Å². The monoisotopic (exact) mass is 256 g/mol. The number of hydrogen-bond acceptors (Lipinski definition) is 4. The topological polar surface area (TPSA) is 84.6 Å². The molecule has 1 aromatic carbocycles. The van der Waals surface area contributed by atoms with Crippen molar-refractivity contribution in [3.63, 3.8) is 0 Å². The van der Waals surface area contributed by atoms with Gasteiger partial charge in [0.25, 0.3) is 5.91 Å². The van der Waals surface area contributed by atoms with E-state index in [4.69, 9.17) is 15.6 Å². The predicted octanol–water partition coefficient (Wildman–Crippen LogP) is 0.627. The molecule has 5 nitrogen and oxygen atoms in total. The Morgan fingerprint density at radius 2 is 2.22 bits per heavy atom. The van der Waals surface area contributed by atoms with Crippen LogP contribution in [-0.2, 0) is 4.74 Å². The molecule has 1 rings (SSSR count). The largest absolute Gasteiger partial charge is 0.508 e. The first-order valence-corrected chi connectivity index (χ1v) is 5.69. The highest BCUT2D eigenvalue weighted by molar-refractivity contribution is 5.94. The Labute approximate surface area is 105 Å². The van der Waals surface area contributed by atoms with Crippen molar-refractivity contribution in [2.24, 2.45) is 5.73 Å². The number of phenolic OH excluding ortho intramolecular Hbond substituents is 1.